The summed E-state index contributed by atoms with van der Waals surface area (Å²) in [6.45, 7) is 0.785. The number of ether oxygens (including phenoxy) is 1. The van der Waals surface area contributed by atoms with Gasteiger partial charge in [0.25, 0.3) is 0 Å². The van der Waals surface area contributed by atoms with Crippen molar-refractivity contribution in [2.24, 2.45) is 0 Å². The molecule has 3 heterocycles. The summed E-state index contributed by atoms with van der Waals surface area (Å²) in [7, 11) is 1.67. The highest BCUT2D eigenvalue weighted by molar-refractivity contribution is 7.09. The highest BCUT2D eigenvalue weighted by Crippen LogP contribution is 2.24. The summed E-state index contributed by atoms with van der Waals surface area (Å²) in [5.41, 5.74) is 4.00. The van der Waals surface area contributed by atoms with Gasteiger partial charge in [-0.2, -0.15) is 0 Å². The highest BCUT2D eigenvalue weighted by Gasteiger charge is 2.06. The van der Waals surface area contributed by atoms with Crippen LogP contribution in [0.2, 0.25) is 0 Å². The first-order valence-electron chi connectivity index (χ1n) is 8.35. The van der Waals surface area contributed by atoms with Crippen LogP contribution in [0.3, 0.4) is 0 Å². The minimum Gasteiger partial charge on any atom is -0.497 e. The van der Waals surface area contributed by atoms with Crippen molar-refractivity contribution in [2.45, 2.75) is 6.42 Å². The molecule has 1 aromatic carbocycles. The zero-order valence-electron chi connectivity index (χ0n) is 14.3. The Morgan fingerprint density at radius 2 is 2.00 bits per heavy atom. The lowest BCUT2D eigenvalue weighted by Crippen LogP contribution is -2.05. The van der Waals surface area contributed by atoms with Crippen LogP contribution in [0.1, 0.15) is 5.01 Å². The smallest absolute Gasteiger partial charge is 0.118 e. The second-order valence-electron chi connectivity index (χ2n) is 5.79. The molecule has 0 aliphatic rings. The third-order valence-corrected chi connectivity index (χ3v) is 5.01. The molecule has 0 saturated carbocycles. The first-order chi connectivity index (χ1) is 12.8. The van der Waals surface area contributed by atoms with Crippen LogP contribution in [0.15, 0.2) is 60.4 Å². The van der Waals surface area contributed by atoms with Crippen molar-refractivity contribution in [1.29, 1.82) is 0 Å². The summed E-state index contributed by atoms with van der Waals surface area (Å²) in [6.07, 6.45) is 6.30. The van der Waals surface area contributed by atoms with Crippen molar-refractivity contribution in [3.8, 4) is 17.0 Å². The summed E-state index contributed by atoms with van der Waals surface area (Å²) < 4.78 is 5.20. The van der Waals surface area contributed by atoms with Gasteiger partial charge in [-0.15, -0.1) is 11.3 Å². The van der Waals surface area contributed by atoms with Crippen LogP contribution in [0.4, 0.5) is 5.69 Å². The Bertz CT molecular complexity index is 1010. The summed E-state index contributed by atoms with van der Waals surface area (Å²) in [5.74, 6) is 0.853. The summed E-state index contributed by atoms with van der Waals surface area (Å²) in [5, 5.41) is 7.66. The Hall–Kier alpha value is -2.99. The fraction of sp³-hybridized carbons (Fsp3) is 0.150. The van der Waals surface area contributed by atoms with Crippen LogP contribution >= 0.6 is 11.3 Å². The van der Waals surface area contributed by atoms with Gasteiger partial charge in [0.05, 0.1) is 35.2 Å². The van der Waals surface area contributed by atoms with Gasteiger partial charge in [-0.25, -0.2) is 4.98 Å². The van der Waals surface area contributed by atoms with E-state index in [9.17, 15) is 0 Å². The van der Waals surface area contributed by atoms with E-state index in [1.54, 1.807) is 24.6 Å². The molecule has 0 bridgehead atoms. The van der Waals surface area contributed by atoms with E-state index < -0.39 is 0 Å². The molecule has 0 atom stereocenters. The van der Waals surface area contributed by atoms with E-state index in [1.165, 1.54) is 0 Å². The molecule has 4 aromatic rings. The fourth-order valence-electron chi connectivity index (χ4n) is 2.75. The van der Waals surface area contributed by atoms with Crippen molar-refractivity contribution >= 4 is 27.9 Å². The third kappa shape index (κ3) is 3.50. The van der Waals surface area contributed by atoms with Gasteiger partial charge in [-0.1, -0.05) is 0 Å². The largest absolute Gasteiger partial charge is 0.497 e. The molecule has 0 spiro atoms. The van der Waals surface area contributed by atoms with E-state index >= 15 is 0 Å². The maximum atomic E-state index is 5.20. The van der Waals surface area contributed by atoms with Crippen molar-refractivity contribution < 1.29 is 4.74 Å². The number of anilines is 1. The topological polar surface area (TPSA) is 59.9 Å². The minimum absolute atomic E-state index is 0.785. The predicted molar refractivity (Wildman–Crippen MR) is 106 cm³/mol. The molecular formula is C20H18N4OS. The lowest BCUT2D eigenvalue weighted by Gasteiger charge is -2.07. The highest BCUT2D eigenvalue weighted by atomic mass is 32.1. The molecule has 130 valence electrons. The normalized spacial score (nSPS) is 10.8. The first-order valence-corrected chi connectivity index (χ1v) is 9.23. The SMILES string of the molecule is COc1ccc(-c2csc(CCNc3cncc4cccnc34)n2)cc1. The predicted octanol–water partition coefficient (Wildman–Crippen LogP) is 4.42. The van der Waals surface area contributed by atoms with E-state index in [4.69, 9.17) is 9.72 Å². The van der Waals surface area contributed by atoms with E-state index in [0.29, 0.717) is 0 Å². The molecule has 0 aliphatic heterocycles. The van der Waals surface area contributed by atoms with Crippen LogP contribution in [0.5, 0.6) is 5.75 Å². The molecule has 1 N–H and O–H groups in total. The number of aromatic nitrogens is 3. The van der Waals surface area contributed by atoms with Gasteiger partial charge in [-0.3, -0.25) is 9.97 Å². The van der Waals surface area contributed by atoms with Crippen LogP contribution in [-0.4, -0.2) is 28.6 Å². The molecule has 0 aliphatic carbocycles. The molecule has 0 unspecified atom stereocenters. The average molecular weight is 362 g/mol. The number of rotatable bonds is 6. The Morgan fingerprint density at radius 3 is 2.85 bits per heavy atom. The molecular weight excluding hydrogens is 344 g/mol. The van der Waals surface area contributed by atoms with Crippen molar-refractivity contribution in [3.05, 3.63) is 65.4 Å². The van der Waals surface area contributed by atoms with Gasteiger partial charge in [0.15, 0.2) is 0 Å². The lowest BCUT2D eigenvalue weighted by molar-refractivity contribution is 0.415. The molecule has 0 amide bonds. The number of thiazole rings is 1. The molecule has 26 heavy (non-hydrogen) atoms. The van der Waals surface area contributed by atoms with Crippen molar-refractivity contribution in [3.63, 3.8) is 0 Å². The number of fused-ring (bicyclic) bond motifs is 1. The minimum atomic E-state index is 0.785. The number of hydrogen-bond acceptors (Lipinski definition) is 6. The van der Waals surface area contributed by atoms with E-state index in [1.807, 2.05) is 48.8 Å². The Balaban J connectivity index is 1.41. The van der Waals surface area contributed by atoms with Crippen LogP contribution < -0.4 is 10.1 Å². The monoisotopic (exact) mass is 362 g/mol. The second-order valence-corrected chi connectivity index (χ2v) is 6.74. The number of benzene rings is 1. The standard InChI is InChI=1S/C20H18N4OS/c1-25-16-6-4-14(5-7-16)18-13-26-19(24-18)8-10-22-17-12-21-11-15-3-2-9-23-20(15)17/h2-7,9,11-13,22H,8,10H2,1H3. The molecule has 6 heteroatoms. The average Bonchev–Trinajstić information content (AvgIpc) is 3.17. The summed E-state index contributed by atoms with van der Waals surface area (Å²) in [4.78, 5) is 13.4. The maximum absolute atomic E-state index is 5.20. The molecule has 5 nitrogen and oxygen atoms in total. The van der Waals surface area contributed by atoms with E-state index in [2.05, 4.69) is 20.7 Å². The van der Waals surface area contributed by atoms with Crippen LogP contribution in [0, 0.1) is 0 Å². The van der Waals surface area contributed by atoms with Gasteiger partial charge < -0.3 is 10.1 Å². The van der Waals surface area contributed by atoms with Gasteiger partial charge in [-0.05, 0) is 36.4 Å². The Morgan fingerprint density at radius 1 is 1.12 bits per heavy atom. The number of hydrogen-bond donors (Lipinski definition) is 1. The third-order valence-electron chi connectivity index (χ3n) is 4.10. The van der Waals surface area contributed by atoms with Crippen molar-refractivity contribution in [1.82, 2.24) is 15.0 Å². The molecule has 0 fully saturated rings. The molecule has 0 saturated heterocycles. The van der Waals surface area contributed by atoms with Gasteiger partial charge in [0.2, 0.25) is 0 Å². The van der Waals surface area contributed by atoms with E-state index in [0.717, 1.165) is 51.6 Å². The number of pyridine rings is 2. The number of nitrogens with zero attached hydrogens (tertiary/aromatic N) is 3. The maximum Gasteiger partial charge on any atom is 0.118 e. The number of methoxy groups -OCH3 is 1. The summed E-state index contributed by atoms with van der Waals surface area (Å²) in [6, 6.07) is 11.9. The van der Waals surface area contributed by atoms with Gasteiger partial charge >= 0.3 is 0 Å². The van der Waals surface area contributed by atoms with Crippen LogP contribution in [-0.2, 0) is 6.42 Å². The first kappa shape index (κ1) is 16.5. The Labute approximate surface area is 155 Å². The second kappa shape index (κ2) is 7.49. The lowest BCUT2D eigenvalue weighted by atomic mass is 10.2. The molecule has 3 aromatic heterocycles. The van der Waals surface area contributed by atoms with E-state index in [-0.39, 0.29) is 0 Å². The van der Waals surface area contributed by atoms with Crippen LogP contribution in [0.25, 0.3) is 22.2 Å². The number of nitrogens with one attached hydrogen (secondary N) is 1. The molecule has 4 rings (SSSR count). The zero-order chi connectivity index (χ0) is 17.8. The van der Waals surface area contributed by atoms with Crippen molar-refractivity contribution in [2.75, 3.05) is 19.0 Å². The summed E-state index contributed by atoms with van der Waals surface area (Å²) >= 11 is 1.68. The molecule has 0 radical (unpaired) electrons. The van der Waals surface area contributed by atoms with Gasteiger partial charge in [0, 0.05) is 41.7 Å². The quantitative estimate of drug-likeness (QED) is 0.550. The fourth-order valence-corrected chi connectivity index (χ4v) is 3.56. The Kier molecular flexibility index (Phi) is 4.75. The zero-order valence-corrected chi connectivity index (χ0v) is 15.2. The van der Waals surface area contributed by atoms with Gasteiger partial charge in [0.1, 0.15) is 5.75 Å².